The molecule has 0 saturated carbocycles. The van der Waals surface area contributed by atoms with E-state index in [9.17, 15) is 9.90 Å². The molecule has 0 aliphatic heterocycles. The van der Waals surface area contributed by atoms with Crippen molar-refractivity contribution in [1.29, 1.82) is 5.26 Å². The first-order valence-electron chi connectivity index (χ1n) is 5.13. The molecule has 90 valence electrons. The van der Waals surface area contributed by atoms with E-state index in [1.54, 1.807) is 14.0 Å². The molecule has 5 nitrogen and oxygen atoms in total. The van der Waals surface area contributed by atoms with Crippen molar-refractivity contribution in [2.75, 3.05) is 7.05 Å². The number of nitrogens with zero attached hydrogens (tertiary/aromatic N) is 2. The summed E-state index contributed by atoms with van der Waals surface area (Å²) in [7, 11) is 1.57. The fourth-order valence-corrected chi connectivity index (χ4v) is 1.36. The normalized spacial score (nSPS) is 11.6. The first-order valence-corrected chi connectivity index (χ1v) is 5.13. The molecule has 1 aromatic carbocycles. The van der Waals surface area contributed by atoms with Crippen molar-refractivity contribution in [1.82, 2.24) is 4.90 Å². The van der Waals surface area contributed by atoms with Crippen molar-refractivity contribution in [2.24, 2.45) is 0 Å². The molecule has 5 heteroatoms. The van der Waals surface area contributed by atoms with Gasteiger partial charge in [-0.15, -0.1) is 0 Å². The van der Waals surface area contributed by atoms with E-state index in [0.717, 1.165) is 6.07 Å². The number of nitriles is 1. The molecule has 1 amide bonds. The molecule has 0 aromatic heterocycles. The second kappa shape index (κ2) is 5.21. The second-order valence-electron chi connectivity index (χ2n) is 3.83. The standard InChI is InChI=1S/C12H14N2O3/c1-8(5-6-13)14(2)12(17)10-4-3-9(15)7-11(10)16/h3-4,7-8,15-16H,5H2,1-2H3. The Labute approximate surface area is 99.5 Å². The van der Waals surface area contributed by atoms with Gasteiger partial charge in [0.15, 0.2) is 0 Å². The Balaban J connectivity index is 2.93. The minimum Gasteiger partial charge on any atom is -0.508 e. The molecule has 1 rings (SSSR count). The van der Waals surface area contributed by atoms with Gasteiger partial charge in [-0.2, -0.15) is 5.26 Å². The van der Waals surface area contributed by atoms with Crippen LogP contribution in [0.25, 0.3) is 0 Å². The largest absolute Gasteiger partial charge is 0.508 e. The highest BCUT2D eigenvalue weighted by molar-refractivity contribution is 5.97. The SMILES string of the molecule is CC(CC#N)N(C)C(=O)c1ccc(O)cc1O. The van der Waals surface area contributed by atoms with Crippen molar-refractivity contribution < 1.29 is 15.0 Å². The number of carbonyl (C=O) groups is 1. The topological polar surface area (TPSA) is 84.6 Å². The summed E-state index contributed by atoms with van der Waals surface area (Å²) in [6.07, 6.45) is 0.223. The monoisotopic (exact) mass is 234 g/mol. The number of benzene rings is 1. The molecule has 1 unspecified atom stereocenters. The van der Waals surface area contributed by atoms with E-state index in [0.29, 0.717) is 0 Å². The molecule has 0 aliphatic rings. The molecule has 0 heterocycles. The van der Waals surface area contributed by atoms with Crippen LogP contribution in [0.1, 0.15) is 23.7 Å². The summed E-state index contributed by atoms with van der Waals surface area (Å²) in [6, 6.07) is 5.53. The van der Waals surface area contributed by atoms with Gasteiger partial charge < -0.3 is 15.1 Å². The fourth-order valence-electron chi connectivity index (χ4n) is 1.36. The van der Waals surface area contributed by atoms with Crippen LogP contribution in [0.2, 0.25) is 0 Å². The predicted octanol–water partition coefficient (Wildman–Crippen LogP) is 1.47. The maximum absolute atomic E-state index is 12.0. The molecule has 0 spiro atoms. The number of hydrogen-bond acceptors (Lipinski definition) is 4. The number of phenolic OH excluding ortho intramolecular Hbond substituents is 2. The van der Waals surface area contributed by atoms with Gasteiger partial charge in [-0.3, -0.25) is 4.79 Å². The van der Waals surface area contributed by atoms with E-state index < -0.39 is 0 Å². The number of hydrogen-bond donors (Lipinski definition) is 2. The van der Waals surface area contributed by atoms with E-state index in [-0.39, 0.29) is 35.4 Å². The zero-order valence-corrected chi connectivity index (χ0v) is 9.71. The van der Waals surface area contributed by atoms with Gasteiger partial charge in [-0.1, -0.05) is 0 Å². The lowest BCUT2D eigenvalue weighted by Crippen LogP contribution is -2.34. The summed E-state index contributed by atoms with van der Waals surface area (Å²) in [5, 5.41) is 27.2. The Morgan fingerprint density at radius 3 is 2.71 bits per heavy atom. The molecule has 0 radical (unpaired) electrons. The minimum absolute atomic E-state index is 0.105. The highest BCUT2D eigenvalue weighted by Crippen LogP contribution is 2.24. The van der Waals surface area contributed by atoms with Gasteiger partial charge >= 0.3 is 0 Å². The van der Waals surface area contributed by atoms with Gasteiger partial charge in [0.25, 0.3) is 5.91 Å². The molecule has 0 aliphatic carbocycles. The minimum atomic E-state index is -0.384. The van der Waals surface area contributed by atoms with Crippen LogP contribution >= 0.6 is 0 Å². The Kier molecular flexibility index (Phi) is 3.94. The smallest absolute Gasteiger partial charge is 0.257 e. The van der Waals surface area contributed by atoms with E-state index in [1.807, 2.05) is 6.07 Å². The van der Waals surface area contributed by atoms with E-state index in [1.165, 1.54) is 17.0 Å². The zero-order chi connectivity index (χ0) is 13.0. The molecular formula is C12H14N2O3. The molecule has 2 N–H and O–H groups in total. The van der Waals surface area contributed by atoms with E-state index in [2.05, 4.69) is 0 Å². The van der Waals surface area contributed by atoms with Crippen molar-refractivity contribution in [3.63, 3.8) is 0 Å². The van der Waals surface area contributed by atoms with Gasteiger partial charge in [0.1, 0.15) is 11.5 Å². The molecule has 1 aromatic rings. The number of aromatic hydroxyl groups is 2. The summed E-state index contributed by atoms with van der Waals surface area (Å²) in [6.45, 7) is 1.75. The highest BCUT2D eigenvalue weighted by Gasteiger charge is 2.20. The van der Waals surface area contributed by atoms with E-state index >= 15 is 0 Å². The van der Waals surface area contributed by atoms with E-state index in [4.69, 9.17) is 10.4 Å². The van der Waals surface area contributed by atoms with Crippen LogP contribution in [0.3, 0.4) is 0 Å². The summed E-state index contributed by atoms with van der Waals surface area (Å²) < 4.78 is 0. The molecule has 17 heavy (non-hydrogen) atoms. The highest BCUT2D eigenvalue weighted by atomic mass is 16.3. The van der Waals surface area contributed by atoms with Crippen molar-refractivity contribution >= 4 is 5.91 Å². The van der Waals surface area contributed by atoms with Crippen LogP contribution in [0, 0.1) is 11.3 Å². The van der Waals surface area contributed by atoms with Crippen LogP contribution in [-0.2, 0) is 0 Å². The van der Waals surface area contributed by atoms with Crippen molar-refractivity contribution in [3.05, 3.63) is 23.8 Å². The number of phenols is 2. The average molecular weight is 234 g/mol. The van der Waals surface area contributed by atoms with Crippen molar-refractivity contribution in [3.8, 4) is 17.6 Å². The maximum Gasteiger partial charge on any atom is 0.257 e. The summed E-state index contributed by atoms with van der Waals surface area (Å²) in [5.74, 6) is -0.761. The Morgan fingerprint density at radius 1 is 1.53 bits per heavy atom. The lowest BCUT2D eigenvalue weighted by atomic mass is 10.1. The molecular weight excluding hydrogens is 220 g/mol. The lowest BCUT2D eigenvalue weighted by Gasteiger charge is -2.23. The fraction of sp³-hybridized carbons (Fsp3) is 0.333. The van der Waals surface area contributed by atoms with Gasteiger partial charge in [0.05, 0.1) is 18.1 Å². The van der Waals surface area contributed by atoms with Gasteiger partial charge in [0, 0.05) is 19.2 Å². The summed E-state index contributed by atoms with van der Waals surface area (Å²) >= 11 is 0. The second-order valence-corrected chi connectivity index (χ2v) is 3.83. The van der Waals surface area contributed by atoms with Crippen LogP contribution in [-0.4, -0.2) is 34.1 Å². The van der Waals surface area contributed by atoms with Gasteiger partial charge in [-0.25, -0.2) is 0 Å². The van der Waals surface area contributed by atoms with Crippen LogP contribution in [0.5, 0.6) is 11.5 Å². The summed E-state index contributed by atoms with van der Waals surface area (Å²) in [5.41, 5.74) is 0.107. The first-order chi connectivity index (χ1) is 7.97. The van der Waals surface area contributed by atoms with Gasteiger partial charge in [0.2, 0.25) is 0 Å². The number of amides is 1. The van der Waals surface area contributed by atoms with Crippen LogP contribution in [0.15, 0.2) is 18.2 Å². The molecule has 0 saturated heterocycles. The maximum atomic E-state index is 12.0. The molecule has 1 atom stereocenters. The Hall–Kier alpha value is -2.22. The van der Waals surface area contributed by atoms with Gasteiger partial charge in [-0.05, 0) is 19.1 Å². The average Bonchev–Trinajstić information content (AvgIpc) is 2.27. The zero-order valence-electron chi connectivity index (χ0n) is 9.71. The van der Waals surface area contributed by atoms with Crippen molar-refractivity contribution in [2.45, 2.75) is 19.4 Å². The lowest BCUT2D eigenvalue weighted by molar-refractivity contribution is 0.0743. The number of rotatable bonds is 3. The third kappa shape index (κ3) is 2.88. The third-order valence-corrected chi connectivity index (χ3v) is 2.58. The third-order valence-electron chi connectivity index (χ3n) is 2.58. The number of carbonyl (C=O) groups excluding carboxylic acids is 1. The van der Waals surface area contributed by atoms with Crippen LogP contribution in [0.4, 0.5) is 0 Å². The quantitative estimate of drug-likeness (QED) is 0.829. The summed E-state index contributed by atoms with van der Waals surface area (Å²) in [4.78, 5) is 13.4. The predicted molar refractivity (Wildman–Crippen MR) is 61.6 cm³/mol. The molecule has 0 bridgehead atoms. The Bertz CT molecular complexity index is 465. The molecule has 0 fully saturated rings. The Morgan fingerprint density at radius 2 is 2.18 bits per heavy atom. The first kappa shape index (κ1) is 12.8. The van der Waals surface area contributed by atoms with Crippen LogP contribution < -0.4 is 0 Å².